The first-order valence-corrected chi connectivity index (χ1v) is 10.6. The molecule has 0 aliphatic carbocycles. The van der Waals surface area contributed by atoms with Gasteiger partial charge in [-0.05, 0) is 56.6 Å². The minimum atomic E-state index is -0.0234. The first-order valence-electron chi connectivity index (χ1n) is 9.01. The minimum Gasteiger partial charge on any atom is -0.342 e. The maximum atomic E-state index is 12.8. The number of thioether (sulfide) groups is 1. The Morgan fingerprint density at radius 1 is 1.04 bits per heavy atom. The van der Waals surface area contributed by atoms with Crippen LogP contribution in [0.15, 0.2) is 23.1 Å². The Kier molecular flexibility index (Phi) is 6.29. The number of halogens is 1. The van der Waals surface area contributed by atoms with Gasteiger partial charge in [-0.2, -0.15) is 0 Å². The second kappa shape index (κ2) is 8.45. The largest absolute Gasteiger partial charge is 0.342 e. The van der Waals surface area contributed by atoms with Gasteiger partial charge in [-0.1, -0.05) is 11.6 Å². The fourth-order valence-electron chi connectivity index (χ4n) is 3.67. The molecule has 136 valence electrons. The van der Waals surface area contributed by atoms with Crippen molar-refractivity contribution in [2.75, 3.05) is 32.4 Å². The lowest BCUT2D eigenvalue weighted by molar-refractivity contribution is -0.137. The van der Waals surface area contributed by atoms with E-state index in [1.165, 1.54) is 6.42 Å². The summed E-state index contributed by atoms with van der Waals surface area (Å²) < 4.78 is 0. The lowest BCUT2D eigenvalue weighted by Crippen LogP contribution is -2.45. The Balaban J connectivity index is 1.60. The molecule has 2 amide bonds. The van der Waals surface area contributed by atoms with Crippen LogP contribution >= 0.6 is 23.4 Å². The van der Waals surface area contributed by atoms with Gasteiger partial charge in [0.2, 0.25) is 5.91 Å². The van der Waals surface area contributed by atoms with E-state index in [2.05, 4.69) is 0 Å². The molecule has 1 aromatic rings. The van der Waals surface area contributed by atoms with Gasteiger partial charge in [0.15, 0.2) is 0 Å². The van der Waals surface area contributed by atoms with Gasteiger partial charge in [-0.25, -0.2) is 0 Å². The van der Waals surface area contributed by atoms with Crippen LogP contribution in [-0.4, -0.2) is 54.0 Å². The fourth-order valence-corrected chi connectivity index (χ4v) is 4.31. The number of hydrogen-bond donors (Lipinski definition) is 0. The monoisotopic (exact) mass is 380 g/mol. The Bertz CT molecular complexity index is 638. The van der Waals surface area contributed by atoms with Crippen LogP contribution in [0.5, 0.6) is 0 Å². The van der Waals surface area contributed by atoms with Crippen LogP contribution in [0.3, 0.4) is 0 Å². The molecule has 2 heterocycles. The summed E-state index contributed by atoms with van der Waals surface area (Å²) >= 11 is 7.83. The van der Waals surface area contributed by atoms with Crippen molar-refractivity contribution in [1.29, 1.82) is 0 Å². The third-order valence-corrected chi connectivity index (χ3v) is 6.26. The molecule has 1 aromatic carbocycles. The zero-order chi connectivity index (χ0) is 17.8. The normalized spacial score (nSPS) is 19.1. The van der Waals surface area contributed by atoms with E-state index in [1.54, 1.807) is 17.8 Å². The first-order chi connectivity index (χ1) is 12.1. The summed E-state index contributed by atoms with van der Waals surface area (Å²) in [6, 6.07) is 5.57. The van der Waals surface area contributed by atoms with Crippen LogP contribution in [0, 0.1) is 5.92 Å². The number of hydrogen-bond acceptors (Lipinski definition) is 3. The topological polar surface area (TPSA) is 40.6 Å². The number of amides is 2. The molecule has 0 aromatic heterocycles. The number of likely N-dealkylation sites (tertiary alicyclic amines) is 2. The van der Waals surface area contributed by atoms with Gasteiger partial charge in [0.25, 0.3) is 5.91 Å². The maximum Gasteiger partial charge on any atom is 0.255 e. The van der Waals surface area contributed by atoms with E-state index < -0.39 is 0 Å². The lowest BCUT2D eigenvalue weighted by atomic mass is 9.94. The van der Waals surface area contributed by atoms with E-state index >= 15 is 0 Å². The number of benzene rings is 1. The second-order valence-electron chi connectivity index (χ2n) is 6.80. The van der Waals surface area contributed by atoms with Gasteiger partial charge >= 0.3 is 0 Å². The van der Waals surface area contributed by atoms with Crippen molar-refractivity contribution in [2.45, 2.75) is 37.0 Å². The summed E-state index contributed by atoms with van der Waals surface area (Å²) in [7, 11) is 0. The summed E-state index contributed by atoms with van der Waals surface area (Å²) in [6.45, 7) is 3.05. The van der Waals surface area contributed by atoms with Crippen molar-refractivity contribution >= 4 is 35.2 Å². The van der Waals surface area contributed by atoms with Crippen molar-refractivity contribution in [3.8, 4) is 0 Å². The molecule has 3 rings (SSSR count). The fraction of sp³-hybridized carbons (Fsp3) is 0.579. The number of piperidine rings is 2. The molecule has 25 heavy (non-hydrogen) atoms. The third kappa shape index (κ3) is 4.32. The minimum absolute atomic E-state index is 0.0234. The number of rotatable bonds is 3. The molecule has 0 spiro atoms. The smallest absolute Gasteiger partial charge is 0.255 e. The van der Waals surface area contributed by atoms with Gasteiger partial charge in [-0.3, -0.25) is 9.59 Å². The van der Waals surface area contributed by atoms with Gasteiger partial charge < -0.3 is 9.80 Å². The highest BCUT2D eigenvalue weighted by Gasteiger charge is 2.31. The van der Waals surface area contributed by atoms with Gasteiger partial charge in [0.05, 0.1) is 10.6 Å². The highest BCUT2D eigenvalue weighted by atomic mass is 35.5. The molecule has 0 unspecified atom stereocenters. The maximum absolute atomic E-state index is 12.8. The predicted octanol–water partition coefficient (Wildman–Crippen LogP) is 3.93. The zero-order valence-electron chi connectivity index (χ0n) is 14.7. The average molecular weight is 381 g/mol. The van der Waals surface area contributed by atoms with Gasteiger partial charge in [0, 0.05) is 37.0 Å². The molecule has 2 aliphatic rings. The molecule has 6 heteroatoms. The van der Waals surface area contributed by atoms with E-state index in [0.717, 1.165) is 43.7 Å². The highest BCUT2D eigenvalue weighted by molar-refractivity contribution is 7.98. The summed E-state index contributed by atoms with van der Waals surface area (Å²) in [5, 5.41) is 0.495. The SMILES string of the molecule is CSc1ccc(Cl)c(C(=O)N2CCC(C(=O)N3CCCCC3)CC2)c1. The quantitative estimate of drug-likeness (QED) is 0.746. The number of nitrogens with zero attached hydrogens (tertiary/aromatic N) is 2. The first kappa shape index (κ1) is 18.6. The van der Waals surface area contributed by atoms with Crippen molar-refractivity contribution in [1.82, 2.24) is 9.80 Å². The second-order valence-corrected chi connectivity index (χ2v) is 8.09. The molecule has 2 saturated heterocycles. The lowest BCUT2D eigenvalue weighted by Gasteiger charge is -2.35. The van der Waals surface area contributed by atoms with Crippen LogP contribution in [0.2, 0.25) is 5.02 Å². The van der Waals surface area contributed by atoms with Crippen LogP contribution in [0.25, 0.3) is 0 Å². The van der Waals surface area contributed by atoms with Crippen molar-refractivity contribution in [3.63, 3.8) is 0 Å². The average Bonchev–Trinajstić information content (AvgIpc) is 2.68. The summed E-state index contributed by atoms with van der Waals surface area (Å²) in [4.78, 5) is 30.3. The van der Waals surface area contributed by atoms with Crippen molar-refractivity contribution in [2.24, 2.45) is 5.92 Å². The molecule has 0 saturated carbocycles. The Morgan fingerprint density at radius 2 is 1.72 bits per heavy atom. The molecule has 0 N–H and O–H groups in total. The molecule has 0 atom stereocenters. The zero-order valence-corrected chi connectivity index (χ0v) is 16.2. The van der Waals surface area contributed by atoms with Crippen LogP contribution in [0.1, 0.15) is 42.5 Å². The summed E-state index contributed by atoms with van der Waals surface area (Å²) in [6.07, 6.45) is 6.95. The van der Waals surface area contributed by atoms with E-state index in [4.69, 9.17) is 11.6 Å². The third-order valence-electron chi connectivity index (χ3n) is 5.20. The van der Waals surface area contributed by atoms with Crippen molar-refractivity contribution < 1.29 is 9.59 Å². The van der Waals surface area contributed by atoms with Gasteiger partial charge in [0.1, 0.15) is 0 Å². The van der Waals surface area contributed by atoms with E-state index in [-0.39, 0.29) is 17.7 Å². The van der Waals surface area contributed by atoms with Crippen LogP contribution in [0.4, 0.5) is 0 Å². The van der Waals surface area contributed by atoms with E-state index in [9.17, 15) is 9.59 Å². The molecule has 0 radical (unpaired) electrons. The molecule has 4 nitrogen and oxygen atoms in total. The Labute approximate surface area is 158 Å². The Hall–Kier alpha value is -1.20. The Morgan fingerprint density at radius 3 is 2.36 bits per heavy atom. The summed E-state index contributed by atoms with van der Waals surface area (Å²) in [5.41, 5.74) is 0.564. The number of carbonyl (C=O) groups is 2. The highest BCUT2D eigenvalue weighted by Crippen LogP contribution is 2.27. The molecule has 2 aliphatic heterocycles. The van der Waals surface area contributed by atoms with E-state index in [0.29, 0.717) is 23.7 Å². The molecular weight excluding hydrogens is 356 g/mol. The summed E-state index contributed by atoms with van der Waals surface area (Å²) in [5.74, 6) is 0.328. The standard InChI is InChI=1S/C19H25ClN2O2S/c1-25-15-5-6-17(20)16(13-15)19(24)22-11-7-14(8-12-22)18(23)21-9-3-2-4-10-21/h5-6,13-14H,2-4,7-12H2,1H3. The molecule has 0 bridgehead atoms. The van der Waals surface area contributed by atoms with Gasteiger partial charge in [-0.15, -0.1) is 11.8 Å². The van der Waals surface area contributed by atoms with E-state index in [1.807, 2.05) is 28.2 Å². The van der Waals surface area contributed by atoms with Crippen molar-refractivity contribution in [3.05, 3.63) is 28.8 Å². The molecular formula is C19H25ClN2O2S. The molecule has 2 fully saturated rings. The number of carbonyl (C=O) groups excluding carboxylic acids is 2. The predicted molar refractivity (Wildman–Crippen MR) is 102 cm³/mol. The van der Waals surface area contributed by atoms with Crippen LogP contribution < -0.4 is 0 Å². The van der Waals surface area contributed by atoms with Crippen LogP contribution in [-0.2, 0) is 4.79 Å².